The molecular formula is C16H14Cl2N2O4. The summed E-state index contributed by atoms with van der Waals surface area (Å²) in [5.41, 5.74) is 0.520. The SMILES string of the molecule is COc1ccc(NC(=O)NC(=O)COc2ccc(Cl)c(Cl)c2)cc1. The molecule has 2 aromatic carbocycles. The van der Waals surface area contributed by atoms with Crippen molar-refractivity contribution in [2.75, 3.05) is 19.0 Å². The van der Waals surface area contributed by atoms with E-state index in [0.29, 0.717) is 27.2 Å². The van der Waals surface area contributed by atoms with Crippen molar-refractivity contribution in [3.8, 4) is 11.5 Å². The predicted molar refractivity (Wildman–Crippen MR) is 92.1 cm³/mol. The van der Waals surface area contributed by atoms with Crippen LogP contribution in [0.3, 0.4) is 0 Å². The second-order valence-corrected chi connectivity index (χ2v) is 5.41. The number of nitrogens with one attached hydrogen (secondary N) is 2. The van der Waals surface area contributed by atoms with E-state index in [1.807, 2.05) is 0 Å². The number of halogens is 2. The molecule has 0 saturated heterocycles. The number of methoxy groups -OCH3 is 1. The lowest BCUT2D eigenvalue weighted by Gasteiger charge is -2.09. The van der Waals surface area contributed by atoms with E-state index in [4.69, 9.17) is 32.7 Å². The summed E-state index contributed by atoms with van der Waals surface area (Å²) in [7, 11) is 1.54. The molecule has 0 heterocycles. The molecular weight excluding hydrogens is 355 g/mol. The molecule has 0 spiro atoms. The van der Waals surface area contributed by atoms with Gasteiger partial charge in [0.1, 0.15) is 11.5 Å². The van der Waals surface area contributed by atoms with Crippen LogP contribution in [0.25, 0.3) is 0 Å². The third kappa shape index (κ3) is 5.33. The van der Waals surface area contributed by atoms with E-state index in [1.165, 1.54) is 6.07 Å². The third-order valence-electron chi connectivity index (χ3n) is 2.86. The van der Waals surface area contributed by atoms with Gasteiger partial charge in [-0.15, -0.1) is 0 Å². The monoisotopic (exact) mass is 368 g/mol. The molecule has 2 rings (SSSR count). The van der Waals surface area contributed by atoms with E-state index in [0.717, 1.165) is 0 Å². The van der Waals surface area contributed by atoms with Crippen LogP contribution in [-0.4, -0.2) is 25.7 Å². The average Bonchev–Trinajstić information content (AvgIpc) is 2.56. The van der Waals surface area contributed by atoms with E-state index >= 15 is 0 Å². The maximum Gasteiger partial charge on any atom is 0.325 e. The molecule has 0 aliphatic rings. The van der Waals surface area contributed by atoms with Crippen molar-refractivity contribution in [2.24, 2.45) is 0 Å². The fraction of sp³-hybridized carbons (Fsp3) is 0.125. The Labute approximate surface area is 148 Å². The largest absolute Gasteiger partial charge is 0.497 e. The zero-order valence-corrected chi connectivity index (χ0v) is 14.1. The van der Waals surface area contributed by atoms with Crippen LogP contribution in [0.1, 0.15) is 0 Å². The van der Waals surface area contributed by atoms with Crippen molar-refractivity contribution in [3.63, 3.8) is 0 Å². The van der Waals surface area contributed by atoms with E-state index < -0.39 is 11.9 Å². The van der Waals surface area contributed by atoms with Crippen LogP contribution >= 0.6 is 23.2 Å². The van der Waals surface area contributed by atoms with Crippen LogP contribution in [0.5, 0.6) is 11.5 Å². The van der Waals surface area contributed by atoms with Crippen LogP contribution in [0.4, 0.5) is 10.5 Å². The van der Waals surface area contributed by atoms with Gasteiger partial charge < -0.3 is 14.8 Å². The Kier molecular flexibility index (Phi) is 6.28. The molecule has 0 saturated carbocycles. The molecule has 126 valence electrons. The van der Waals surface area contributed by atoms with Gasteiger partial charge in [0.15, 0.2) is 6.61 Å². The molecule has 0 aromatic heterocycles. The molecule has 24 heavy (non-hydrogen) atoms. The highest BCUT2D eigenvalue weighted by Crippen LogP contribution is 2.26. The zero-order chi connectivity index (χ0) is 17.5. The normalized spacial score (nSPS) is 9.96. The maximum atomic E-state index is 11.7. The second kappa shape index (κ2) is 8.42. The van der Waals surface area contributed by atoms with Crippen LogP contribution in [0.2, 0.25) is 10.0 Å². The number of hydrogen-bond acceptors (Lipinski definition) is 4. The van der Waals surface area contributed by atoms with Gasteiger partial charge in [0, 0.05) is 11.8 Å². The van der Waals surface area contributed by atoms with E-state index in [1.54, 1.807) is 43.5 Å². The average molecular weight is 369 g/mol. The first-order valence-electron chi connectivity index (χ1n) is 6.80. The van der Waals surface area contributed by atoms with Crippen LogP contribution < -0.4 is 20.1 Å². The highest BCUT2D eigenvalue weighted by atomic mass is 35.5. The highest BCUT2D eigenvalue weighted by Gasteiger charge is 2.09. The summed E-state index contributed by atoms with van der Waals surface area (Å²) in [6.07, 6.45) is 0. The fourth-order valence-corrected chi connectivity index (χ4v) is 2.00. The Hall–Kier alpha value is -2.44. The molecule has 3 amide bonds. The van der Waals surface area contributed by atoms with Crippen molar-refractivity contribution in [1.29, 1.82) is 0 Å². The van der Waals surface area contributed by atoms with E-state index in [-0.39, 0.29) is 6.61 Å². The molecule has 0 bridgehead atoms. The van der Waals surface area contributed by atoms with Crippen LogP contribution in [0, 0.1) is 0 Å². The Morgan fingerprint density at radius 3 is 2.29 bits per heavy atom. The first-order chi connectivity index (χ1) is 11.5. The third-order valence-corrected chi connectivity index (χ3v) is 3.60. The number of amides is 3. The Balaban J connectivity index is 1.80. The van der Waals surface area contributed by atoms with Crippen molar-refractivity contribution in [1.82, 2.24) is 5.32 Å². The van der Waals surface area contributed by atoms with Gasteiger partial charge in [-0.3, -0.25) is 10.1 Å². The standard InChI is InChI=1S/C16H14Cl2N2O4/c1-23-11-4-2-10(3-5-11)19-16(22)20-15(21)9-24-12-6-7-13(17)14(18)8-12/h2-8H,9H2,1H3,(H2,19,20,21,22). The number of urea groups is 1. The Morgan fingerprint density at radius 2 is 1.67 bits per heavy atom. The minimum atomic E-state index is -0.664. The molecule has 0 atom stereocenters. The Bertz CT molecular complexity index is 735. The van der Waals surface area contributed by atoms with Crippen molar-refractivity contribution >= 4 is 40.8 Å². The predicted octanol–water partition coefficient (Wildman–Crippen LogP) is 3.73. The first kappa shape index (κ1) is 17.9. The molecule has 6 nitrogen and oxygen atoms in total. The molecule has 0 fully saturated rings. The molecule has 8 heteroatoms. The lowest BCUT2D eigenvalue weighted by Crippen LogP contribution is -2.37. The van der Waals surface area contributed by atoms with Gasteiger partial charge in [-0.25, -0.2) is 4.79 Å². The lowest BCUT2D eigenvalue weighted by atomic mass is 10.3. The molecule has 0 radical (unpaired) electrons. The van der Waals surface area contributed by atoms with Crippen molar-refractivity contribution in [2.45, 2.75) is 0 Å². The second-order valence-electron chi connectivity index (χ2n) is 4.60. The minimum absolute atomic E-state index is 0.312. The summed E-state index contributed by atoms with van der Waals surface area (Å²) in [5.74, 6) is 0.425. The summed E-state index contributed by atoms with van der Waals surface area (Å²) in [5, 5.41) is 5.36. The molecule has 0 unspecified atom stereocenters. The fourth-order valence-electron chi connectivity index (χ4n) is 1.71. The summed E-state index contributed by atoms with van der Waals surface area (Å²) < 4.78 is 10.2. The van der Waals surface area contributed by atoms with Gasteiger partial charge in [0.25, 0.3) is 5.91 Å². The number of rotatable bonds is 5. The van der Waals surface area contributed by atoms with Gasteiger partial charge in [0.05, 0.1) is 17.2 Å². The van der Waals surface area contributed by atoms with Crippen molar-refractivity contribution in [3.05, 3.63) is 52.5 Å². The van der Waals surface area contributed by atoms with Gasteiger partial charge in [0.2, 0.25) is 0 Å². The Morgan fingerprint density at radius 1 is 1.00 bits per heavy atom. The number of anilines is 1. The summed E-state index contributed by atoms with van der Waals surface area (Å²) >= 11 is 11.6. The first-order valence-corrected chi connectivity index (χ1v) is 7.56. The van der Waals surface area contributed by atoms with Crippen LogP contribution in [0.15, 0.2) is 42.5 Å². The zero-order valence-electron chi connectivity index (χ0n) is 12.6. The van der Waals surface area contributed by atoms with Gasteiger partial charge >= 0.3 is 6.03 Å². The number of hydrogen-bond donors (Lipinski definition) is 2. The van der Waals surface area contributed by atoms with Crippen molar-refractivity contribution < 1.29 is 19.1 Å². The summed E-state index contributed by atoms with van der Waals surface area (Å²) in [6, 6.07) is 10.6. The molecule has 0 aliphatic carbocycles. The van der Waals surface area contributed by atoms with Gasteiger partial charge in [-0.2, -0.15) is 0 Å². The maximum absolute atomic E-state index is 11.7. The number of carbonyl (C=O) groups is 2. The number of carbonyl (C=O) groups excluding carboxylic acids is 2. The summed E-state index contributed by atoms with van der Waals surface area (Å²) in [4.78, 5) is 23.4. The number of ether oxygens (including phenoxy) is 2. The molecule has 2 aromatic rings. The lowest BCUT2D eigenvalue weighted by molar-refractivity contribution is -0.121. The number of imide groups is 1. The smallest absolute Gasteiger partial charge is 0.325 e. The number of benzene rings is 2. The highest BCUT2D eigenvalue weighted by molar-refractivity contribution is 6.42. The van der Waals surface area contributed by atoms with Gasteiger partial charge in [-0.05, 0) is 36.4 Å². The minimum Gasteiger partial charge on any atom is -0.497 e. The van der Waals surface area contributed by atoms with E-state index in [9.17, 15) is 9.59 Å². The topological polar surface area (TPSA) is 76.7 Å². The van der Waals surface area contributed by atoms with Gasteiger partial charge in [-0.1, -0.05) is 23.2 Å². The molecule has 0 aliphatic heterocycles. The van der Waals surface area contributed by atoms with Crippen LogP contribution in [-0.2, 0) is 4.79 Å². The quantitative estimate of drug-likeness (QED) is 0.842. The molecule has 2 N–H and O–H groups in total. The summed E-state index contributed by atoms with van der Waals surface area (Å²) in [6.45, 7) is -0.339. The van der Waals surface area contributed by atoms with E-state index in [2.05, 4.69) is 10.6 Å².